The summed E-state index contributed by atoms with van der Waals surface area (Å²) in [7, 11) is 0. The average Bonchev–Trinajstić information content (AvgIpc) is 3.49. The molecule has 0 spiro atoms. The van der Waals surface area contributed by atoms with Gasteiger partial charge in [0.15, 0.2) is 5.78 Å². The van der Waals surface area contributed by atoms with Crippen molar-refractivity contribution in [2.24, 2.45) is 4.99 Å². The molecular weight excluding hydrogens is 460 g/mol. The summed E-state index contributed by atoms with van der Waals surface area (Å²) in [6.07, 6.45) is 9.72. The van der Waals surface area contributed by atoms with Gasteiger partial charge in [-0.15, -0.1) is 0 Å². The lowest BCUT2D eigenvalue weighted by Gasteiger charge is -2.35. The summed E-state index contributed by atoms with van der Waals surface area (Å²) >= 11 is 0. The van der Waals surface area contributed by atoms with Crippen molar-refractivity contribution in [1.82, 2.24) is 19.9 Å². The molecule has 6 rings (SSSR count). The van der Waals surface area contributed by atoms with Gasteiger partial charge in [0.2, 0.25) is 0 Å². The number of benzene rings is 2. The number of hydrogen-bond donors (Lipinski definition) is 0. The Morgan fingerprint density at radius 1 is 0.865 bits per heavy atom. The number of aromatic nitrogens is 3. The zero-order valence-corrected chi connectivity index (χ0v) is 20.6. The molecule has 4 heterocycles. The number of piperazine rings is 1. The Balaban J connectivity index is 1.13. The first-order valence-electron chi connectivity index (χ1n) is 12.7. The molecule has 0 bridgehead atoms. The zero-order valence-electron chi connectivity index (χ0n) is 20.6. The van der Waals surface area contributed by atoms with E-state index < -0.39 is 0 Å². The smallest absolute Gasteiger partial charge is 0.185 e. The van der Waals surface area contributed by atoms with Crippen molar-refractivity contribution in [3.05, 3.63) is 96.5 Å². The topological polar surface area (TPSA) is 74.6 Å². The molecule has 0 saturated carbocycles. The van der Waals surface area contributed by atoms with E-state index >= 15 is 0 Å². The molecule has 184 valence electrons. The Morgan fingerprint density at radius 2 is 1.70 bits per heavy atom. The van der Waals surface area contributed by atoms with Crippen LogP contribution in [0.2, 0.25) is 0 Å². The van der Waals surface area contributed by atoms with Crippen molar-refractivity contribution >= 4 is 28.3 Å². The first kappa shape index (κ1) is 23.2. The third-order valence-electron chi connectivity index (χ3n) is 6.94. The van der Waals surface area contributed by atoms with Crippen LogP contribution in [0.25, 0.3) is 22.2 Å². The molecule has 2 aromatic heterocycles. The van der Waals surface area contributed by atoms with Crippen LogP contribution >= 0.6 is 0 Å². The van der Waals surface area contributed by atoms with Crippen LogP contribution in [0.15, 0.2) is 90.3 Å². The number of nitrogens with zero attached hydrogens (tertiary/aromatic N) is 6. The Hall–Kier alpha value is -4.23. The van der Waals surface area contributed by atoms with E-state index in [1.165, 1.54) is 5.56 Å². The summed E-state index contributed by atoms with van der Waals surface area (Å²) in [4.78, 5) is 35.2. The van der Waals surface area contributed by atoms with Crippen LogP contribution in [-0.4, -0.2) is 64.1 Å². The Labute approximate surface area is 216 Å². The monoisotopic (exact) mass is 488 g/mol. The second-order valence-corrected chi connectivity index (χ2v) is 9.48. The van der Waals surface area contributed by atoms with Gasteiger partial charge in [0.1, 0.15) is 11.5 Å². The van der Waals surface area contributed by atoms with Gasteiger partial charge in [-0.3, -0.25) is 24.7 Å². The Kier molecular flexibility index (Phi) is 6.52. The molecule has 2 aliphatic rings. The van der Waals surface area contributed by atoms with E-state index in [0.717, 1.165) is 66.3 Å². The number of Topliss-reactive ketones (excluding diaryl/α,β-unsaturated/α-hetero) is 1. The van der Waals surface area contributed by atoms with Gasteiger partial charge in [-0.1, -0.05) is 42.5 Å². The summed E-state index contributed by atoms with van der Waals surface area (Å²) in [5.74, 6) is 0.983. The predicted octanol–water partition coefficient (Wildman–Crippen LogP) is 4.14. The van der Waals surface area contributed by atoms with Crippen molar-refractivity contribution in [2.45, 2.75) is 13.0 Å². The van der Waals surface area contributed by atoms with Crippen LogP contribution in [0.1, 0.15) is 11.1 Å². The molecule has 0 radical (unpaired) electrons. The van der Waals surface area contributed by atoms with E-state index in [4.69, 9.17) is 4.98 Å². The van der Waals surface area contributed by atoms with Gasteiger partial charge in [0.25, 0.3) is 0 Å². The van der Waals surface area contributed by atoms with Crippen molar-refractivity contribution in [3.8, 4) is 11.1 Å². The highest BCUT2D eigenvalue weighted by Crippen LogP contribution is 2.25. The SMILES string of the molecule is O=C(Cc1ccc(-c2ccc3ncc(N4CCN(Cc5cccnc5)CC4)nc3c2)cc1)C1=NCC=C1. The van der Waals surface area contributed by atoms with Crippen LogP contribution in [0.3, 0.4) is 0 Å². The third kappa shape index (κ3) is 5.32. The lowest BCUT2D eigenvalue weighted by atomic mass is 10.0. The molecule has 2 aliphatic heterocycles. The van der Waals surface area contributed by atoms with Crippen LogP contribution in [-0.2, 0) is 17.8 Å². The van der Waals surface area contributed by atoms with Crippen molar-refractivity contribution in [1.29, 1.82) is 0 Å². The van der Waals surface area contributed by atoms with E-state index in [9.17, 15) is 4.79 Å². The van der Waals surface area contributed by atoms with Crippen molar-refractivity contribution in [2.75, 3.05) is 37.6 Å². The van der Waals surface area contributed by atoms with E-state index in [-0.39, 0.29) is 5.78 Å². The lowest BCUT2D eigenvalue weighted by molar-refractivity contribution is -0.112. The minimum absolute atomic E-state index is 0.0629. The first-order chi connectivity index (χ1) is 18.2. The number of hydrogen-bond acceptors (Lipinski definition) is 7. The minimum atomic E-state index is 0.0629. The molecule has 7 nitrogen and oxygen atoms in total. The third-order valence-corrected chi connectivity index (χ3v) is 6.94. The van der Waals surface area contributed by atoms with Crippen LogP contribution in [0.4, 0.5) is 5.82 Å². The first-order valence-corrected chi connectivity index (χ1v) is 12.7. The van der Waals surface area contributed by atoms with Gasteiger partial charge >= 0.3 is 0 Å². The van der Waals surface area contributed by atoms with Gasteiger partial charge in [0, 0.05) is 51.5 Å². The van der Waals surface area contributed by atoms with Gasteiger partial charge in [-0.25, -0.2) is 4.98 Å². The quantitative estimate of drug-likeness (QED) is 0.389. The number of fused-ring (bicyclic) bond motifs is 1. The molecule has 2 aromatic carbocycles. The number of ketones is 1. The maximum Gasteiger partial charge on any atom is 0.185 e. The molecule has 0 atom stereocenters. The number of aliphatic imine (C=N–C) groups is 1. The summed E-state index contributed by atoms with van der Waals surface area (Å²) in [6, 6.07) is 18.5. The normalized spacial score (nSPS) is 15.8. The van der Waals surface area contributed by atoms with Crippen molar-refractivity contribution in [3.63, 3.8) is 0 Å². The number of carbonyl (C=O) groups is 1. The fourth-order valence-electron chi connectivity index (χ4n) is 4.86. The van der Waals surface area contributed by atoms with E-state index in [1.807, 2.05) is 55.0 Å². The number of rotatable bonds is 7. The number of pyridine rings is 1. The summed E-state index contributed by atoms with van der Waals surface area (Å²) < 4.78 is 0. The van der Waals surface area contributed by atoms with Gasteiger partial charge in [-0.2, -0.15) is 0 Å². The van der Waals surface area contributed by atoms with Gasteiger partial charge < -0.3 is 4.90 Å². The summed E-state index contributed by atoms with van der Waals surface area (Å²) in [6.45, 7) is 5.33. The zero-order chi connectivity index (χ0) is 25.0. The van der Waals surface area contributed by atoms with Gasteiger partial charge in [-0.05, 0) is 46.5 Å². The molecule has 1 saturated heterocycles. The van der Waals surface area contributed by atoms with Crippen LogP contribution in [0.5, 0.6) is 0 Å². The molecule has 0 N–H and O–H groups in total. The Bertz CT molecular complexity index is 1470. The maximum absolute atomic E-state index is 12.4. The molecule has 7 heteroatoms. The highest BCUT2D eigenvalue weighted by Gasteiger charge is 2.19. The fourth-order valence-corrected chi connectivity index (χ4v) is 4.86. The Morgan fingerprint density at radius 3 is 2.46 bits per heavy atom. The summed E-state index contributed by atoms with van der Waals surface area (Å²) in [5, 5.41) is 0. The largest absolute Gasteiger partial charge is 0.353 e. The average molecular weight is 489 g/mol. The van der Waals surface area contributed by atoms with E-state index in [2.05, 4.69) is 55.1 Å². The second kappa shape index (κ2) is 10.4. The maximum atomic E-state index is 12.4. The minimum Gasteiger partial charge on any atom is -0.353 e. The number of anilines is 1. The molecule has 0 unspecified atom stereocenters. The highest BCUT2D eigenvalue weighted by molar-refractivity contribution is 6.45. The molecule has 1 fully saturated rings. The van der Waals surface area contributed by atoms with Crippen molar-refractivity contribution < 1.29 is 4.79 Å². The molecular formula is C30H28N6O. The van der Waals surface area contributed by atoms with Crippen LogP contribution in [0, 0.1) is 0 Å². The molecule has 0 amide bonds. The van der Waals surface area contributed by atoms with E-state index in [1.54, 1.807) is 0 Å². The highest BCUT2D eigenvalue weighted by atomic mass is 16.1. The summed E-state index contributed by atoms with van der Waals surface area (Å²) in [5.41, 5.74) is 6.75. The molecule has 0 aliphatic carbocycles. The van der Waals surface area contributed by atoms with E-state index in [0.29, 0.717) is 18.7 Å². The molecule has 4 aromatic rings. The number of carbonyl (C=O) groups excluding carboxylic acids is 1. The second-order valence-electron chi connectivity index (χ2n) is 9.48. The lowest BCUT2D eigenvalue weighted by Crippen LogP contribution is -2.46. The standard InChI is InChI=1S/C30H28N6O/c37-29(27-4-2-12-32-27)17-22-5-7-24(8-6-22)25-9-10-26-28(18-25)34-30(20-33-26)36-15-13-35(14-16-36)21-23-3-1-11-31-19-23/h1-11,18-20H,12-17,21H2. The molecule has 37 heavy (non-hydrogen) atoms. The fraction of sp³-hybridized carbons (Fsp3) is 0.233. The van der Waals surface area contributed by atoms with Crippen LogP contribution < -0.4 is 4.90 Å². The number of allylic oxidation sites excluding steroid dienone is 1. The van der Waals surface area contributed by atoms with Gasteiger partial charge in [0.05, 0.1) is 23.8 Å². The predicted molar refractivity (Wildman–Crippen MR) is 147 cm³/mol.